The molecule has 0 aliphatic carbocycles. The number of carbonyl (C=O) groups excluding carboxylic acids is 2. The first-order chi connectivity index (χ1) is 13.1. The minimum Gasteiger partial charge on any atom is -0.494 e. The third kappa shape index (κ3) is 4.66. The number of methoxy groups -OCH3 is 1. The summed E-state index contributed by atoms with van der Waals surface area (Å²) in [7, 11) is 1.37. The average molecular weight is 425 g/mol. The van der Waals surface area contributed by atoms with Gasteiger partial charge in [-0.15, -0.1) is 23.7 Å². The van der Waals surface area contributed by atoms with Gasteiger partial charge in [0.25, 0.3) is 5.91 Å². The van der Waals surface area contributed by atoms with E-state index in [1.165, 1.54) is 18.4 Å². The molecule has 1 aromatic carbocycles. The van der Waals surface area contributed by atoms with Crippen LogP contribution in [0.5, 0.6) is 5.75 Å². The van der Waals surface area contributed by atoms with Crippen molar-refractivity contribution in [2.75, 3.05) is 32.1 Å². The van der Waals surface area contributed by atoms with Crippen molar-refractivity contribution >= 4 is 40.6 Å². The van der Waals surface area contributed by atoms with Crippen LogP contribution in [0.1, 0.15) is 45.0 Å². The number of hydrogen-bond acceptors (Lipinski definition) is 6. The van der Waals surface area contributed by atoms with Crippen molar-refractivity contribution < 1.29 is 19.1 Å². The van der Waals surface area contributed by atoms with Crippen molar-refractivity contribution in [2.24, 2.45) is 0 Å². The van der Waals surface area contributed by atoms with Gasteiger partial charge < -0.3 is 14.8 Å². The van der Waals surface area contributed by atoms with Gasteiger partial charge in [-0.2, -0.15) is 0 Å². The lowest BCUT2D eigenvalue weighted by Crippen LogP contribution is -2.29. The Bertz CT molecular complexity index is 835. The van der Waals surface area contributed by atoms with Crippen molar-refractivity contribution in [3.8, 4) is 5.75 Å². The molecule has 2 aromatic rings. The summed E-state index contributed by atoms with van der Waals surface area (Å²) in [5.74, 6) is 0.0594. The van der Waals surface area contributed by atoms with E-state index in [4.69, 9.17) is 9.47 Å². The van der Waals surface area contributed by atoms with Crippen molar-refractivity contribution in [3.05, 3.63) is 45.8 Å². The maximum absolute atomic E-state index is 12.7. The van der Waals surface area contributed by atoms with Crippen LogP contribution in [0.2, 0.25) is 0 Å². The highest BCUT2D eigenvalue weighted by Crippen LogP contribution is 2.37. The van der Waals surface area contributed by atoms with Crippen LogP contribution >= 0.6 is 23.7 Å². The zero-order valence-electron chi connectivity index (χ0n) is 16.2. The summed E-state index contributed by atoms with van der Waals surface area (Å²) in [5.41, 5.74) is 2.00. The Kier molecular flexibility index (Phi) is 7.86. The maximum atomic E-state index is 12.7. The Morgan fingerprint density at radius 1 is 1.21 bits per heavy atom. The molecule has 1 aliphatic rings. The van der Waals surface area contributed by atoms with Crippen LogP contribution in [0.3, 0.4) is 0 Å². The van der Waals surface area contributed by atoms with Crippen LogP contribution in [-0.4, -0.2) is 43.6 Å². The van der Waals surface area contributed by atoms with Crippen molar-refractivity contribution in [1.82, 2.24) is 4.90 Å². The molecule has 0 saturated heterocycles. The number of nitrogens with one attached hydrogen (secondary N) is 1. The van der Waals surface area contributed by atoms with E-state index in [0.717, 1.165) is 42.2 Å². The molecule has 152 valence electrons. The Balaban J connectivity index is 0.00000280. The Labute approximate surface area is 175 Å². The van der Waals surface area contributed by atoms with Crippen molar-refractivity contribution in [3.63, 3.8) is 0 Å². The molecular weight excluding hydrogens is 400 g/mol. The third-order valence-electron chi connectivity index (χ3n) is 4.63. The molecule has 28 heavy (non-hydrogen) atoms. The lowest BCUT2D eigenvalue weighted by molar-refractivity contribution is 0.0600. The zero-order valence-corrected chi connectivity index (χ0v) is 17.9. The predicted octanol–water partition coefficient (Wildman–Crippen LogP) is 3.99. The summed E-state index contributed by atoms with van der Waals surface area (Å²) in [6, 6.07) is 6.95. The minimum absolute atomic E-state index is 0. The van der Waals surface area contributed by atoms with Gasteiger partial charge in [-0.05, 0) is 49.7 Å². The number of nitrogens with zero attached hydrogens (tertiary/aromatic N) is 1. The quantitative estimate of drug-likeness (QED) is 0.710. The Morgan fingerprint density at radius 2 is 1.93 bits per heavy atom. The Hall–Kier alpha value is -2.09. The molecule has 1 aliphatic heterocycles. The lowest BCUT2D eigenvalue weighted by atomic mass is 10.0. The first-order valence-corrected chi connectivity index (χ1v) is 9.88. The summed E-state index contributed by atoms with van der Waals surface area (Å²) < 4.78 is 10.4. The molecule has 1 aromatic heterocycles. The van der Waals surface area contributed by atoms with Gasteiger partial charge in [0.15, 0.2) is 0 Å². The molecule has 0 radical (unpaired) electrons. The van der Waals surface area contributed by atoms with Gasteiger partial charge in [0.05, 0.1) is 19.3 Å². The number of rotatable bonds is 6. The van der Waals surface area contributed by atoms with Gasteiger partial charge >= 0.3 is 5.97 Å². The molecule has 0 spiro atoms. The summed E-state index contributed by atoms with van der Waals surface area (Å²) in [6.45, 7) is 7.25. The summed E-state index contributed by atoms with van der Waals surface area (Å²) in [4.78, 5) is 28.5. The highest BCUT2D eigenvalue weighted by molar-refractivity contribution is 7.17. The van der Waals surface area contributed by atoms with Crippen LogP contribution in [0, 0.1) is 0 Å². The minimum atomic E-state index is -0.403. The van der Waals surface area contributed by atoms with Gasteiger partial charge in [0, 0.05) is 23.5 Å². The molecule has 0 unspecified atom stereocenters. The van der Waals surface area contributed by atoms with Crippen LogP contribution < -0.4 is 10.1 Å². The van der Waals surface area contributed by atoms with E-state index < -0.39 is 5.97 Å². The van der Waals surface area contributed by atoms with Crippen LogP contribution in [0.15, 0.2) is 24.3 Å². The van der Waals surface area contributed by atoms with Crippen LogP contribution in [0.25, 0.3) is 0 Å². The molecule has 0 bridgehead atoms. The fourth-order valence-corrected chi connectivity index (χ4v) is 4.45. The first kappa shape index (κ1) is 22.2. The number of ether oxygens (including phenoxy) is 2. The number of halogens is 1. The van der Waals surface area contributed by atoms with Crippen molar-refractivity contribution in [2.45, 2.75) is 26.8 Å². The molecule has 1 amide bonds. The average Bonchev–Trinajstić information content (AvgIpc) is 3.04. The van der Waals surface area contributed by atoms with E-state index in [0.29, 0.717) is 22.7 Å². The molecule has 0 fully saturated rings. The van der Waals surface area contributed by atoms with E-state index in [9.17, 15) is 9.59 Å². The third-order valence-corrected chi connectivity index (χ3v) is 5.76. The second-order valence-corrected chi connectivity index (χ2v) is 7.33. The van der Waals surface area contributed by atoms with E-state index in [-0.39, 0.29) is 18.3 Å². The van der Waals surface area contributed by atoms with Gasteiger partial charge in [-0.25, -0.2) is 4.79 Å². The van der Waals surface area contributed by atoms with Gasteiger partial charge in [-0.3, -0.25) is 9.69 Å². The number of benzene rings is 1. The monoisotopic (exact) mass is 424 g/mol. The van der Waals surface area contributed by atoms with Gasteiger partial charge in [0.2, 0.25) is 0 Å². The molecule has 2 heterocycles. The number of esters is 1. The summed E-state index contributed by atoms with van der Waals surface area (Å²) in [5, 5.41) is 3.46. The molecule has 3 rings (SSSR count). The largest absolute Gasteiger partial charge is 0.494 e. The second kappa shape index (κ2) is 9.91. The van der Waals surface area contributed by atoms with E-state index >= 15 is 0 Å². The van der Waals surface area contributed by atoms with Crippen LogP contribution in [0.4, 0.5) is 5.00 Å². The fraction of sp³-hybridized carbons (Fsp3) is 0.400. The summed E-state index contributed by atoms with van der Waals surface area (Å²) in [6.07, 6.45) is 0.781. The standard InChI is InChI=1S/C20H24N2O4S.ClH/c1-4-22-11-10-15-16(12-22)27-19(17(15)20(24)25-3)21-18(23)13-6-8-14(9-7-13)26-5-2;/h6-9H,4-5,10-12H2,1-3H3,(H,21,23);1H. The van der Waals surface area contributed by atoms with Gasteiger partial charge in [0.1, 0.15) is 10.8 Å². The SMILES string of the molecule is CCOc1ccc(C(=O)Nc2sc3c(c2C(=O)OC)CCN(CC)C3)cc1.Cl. The van der Waals surface area contributed by atoms with E-state index in [1.807, 2.05) is 6.92 Å². The zero-order chi connectivity index (χ0) is 19.4. The topological polar surface area (TPSA) is 67.9 Å². The number of likely N-dealkylation sites (N-methyl/N-ethyl adjacent to an activating group) is 1. The number of amides is 1. The maximum Gasteiger partial charge on any atom is 0.341 e. The molecule has 0 saturated carbocycles. The highest BCUT2D eigenvalue weighted by atomic mass is 35.5. The Morgan fingerprint density at radius 3 is 2.54 bits per heavy atom. The number of hydrogen-bond donors (Lipinski definition) is 1. The molecule has 8 heteroatoms. The number of carbonyl (C=O) groups is 2. The molecule has 6 nitrogen and oxygen atoms in total. The second-order valence-electron chi connectivity index (χ2n) is 6.23. The molecule has 1 N–H and O–H groups in total. The van der Waals surface area contributed by atoms with E-state index in [1.54, 1.807) is 24.3 Å². The number of thiophene rings is 1. The number of anilines is 1. The molecular formula is C20H25ClN2O4S. The highest BCUT2D eigenvalue weighted by Gasteiger charge is 2.29. The van der Waals surface area contributed by atoms with Crippen molar-refractivity contribution in [1.29, 1.82) is 0 Å². The predicted molar refractivity (Wildman–Crippen MR) is 113 cm³/mol. The number of fused-ring (bicyclic) bond motifs is 1. The first-order valence-electron chi connectivity index (χ1n) is 9.06. The molecule has 0 atom stereocenters. The normalized spacial score (nSPS) is 13.2. The van der Waals surface area contributed by atoms with E-state index in [2.05, 4.69) is 17.1 Å². The van der Waals surface area contributed by atoms with Gasteiger partial charge in [-0.1, -0.05) is 6.92 Å². The fourth-order valence-electron chi connectivity index (χ4n) is 3.18. The summed E-state index contributed by atoms with van der Waals surface area (Å²) >= 11 is 1.46. The lowest BCUT2D eigenvalue weighted by Gasteiger charge is -2.25. The van der Waals surface area contributed by atoms with Crippen LogP contribution in [-0.2, 0) is 17.7 Å². The smallest absolute Gasteiger partial charge is 0.341 e.